The van der Waals surface area contributed by atoms with Crippen LogP contribution in [0.2, 0.25) is 0 Å². The highest BCUT2D eigenvalue weighted by Gasteiger charge is 2.21. The molecule has 1 aliphatic rings. The van der Waals surface area contributed by atoms with E-state index < -0.39 is 0 Å². The van der Waals surface area contributed by atoms with E-state index in [0.29, 0.717) is 5.92 Å². The minimum Gasteiger partial charge on any atom is -0.393 e. The molecule has 0 saturated carbocycles. The minimum atomic E-state index is -0.132. The van der Waals surface area contributed by atoms with Gasteiger partial charge in [-0.1, -0.05) is 0 Å². The van der Waals surface area contributed by atoms with E-state index in [1.165, 1.54) is 0 Å². The Morgan fingerprint density at radius 3 is 3.08 bits per heavy atom. The Kier molecular flexibility index (Phi) is 5.83. The van der Waals surface area contributed by atoms with Crippen molar-refractivity contribution in [2.24, 2.45) is 5.92 Å². The van der Waals surface area contributed by atoms with Gasteiger partial charge in [-0.3, -0.25) is 0 Å². The van der Waals surface area contributed by atoms with Gasteiger partial charge in [0.2, 0.25) is 0 Å². The third-order valence-electron chi connectivity index (χ3n) is 2.59. The number of ether oxygens (including phenoxy) is 1. The SMILES string of the molecule is CSCCCC(O)C1CCCOC1. The number of aliphatic hydroxyl groups is 1. The molecule has 13 heavy (non-hydrogen) atoms. The van der Waals surface area contributed by atoms with Crippen LogP contribution in [0.4, 0.5) is 0 Å². The summed E-state index contributed by atoms with van der Waals surface area (Å²) in [5.41, 5.74) is 0. The van der Waals surface area contributed by atoms with E-state index in [0.717, 1.165) is 44.6 Å². The van der Waals surface area contributed by atoms with Gasteiger partial charge in [0.1, 0.15) is 0 Å². The van der Waals surface area contributed by atoms with Gasteiger partial charge in [0, 0.05) is 12.5 Å². The normalized spacial score (nSPS) is 25.8. The molecule has 2 unspecified atom stereocenters. The fourth-order valence-corrected chi connectivity index (χ4v) is 2.20. The molecule has 1 rings (SSSR count). The van der Waals surface area contributed by atoms with Crippen molar-refractivity contribution in [1.29, 1.82) is 0 Å². The Balaban J connectivity index is 2.09. The van der Waals surface area contributed by atoms with E-state index in [4.69, 9.17) is 4.74 Å². The third kappa shape index (κ3) is 4.34. The first-order chi connectivity index (χ1) is 6.34. The van der Waals surface area contributed by atoms with E-state index in [1.807, 2.05) is 11.8 Å². The monoisotopic (exact) mass is 204 g/mol. The third-order valence-corrected chi connectivity index (χ3v) is 3.28. The Morgan fingerprint density at radius 2 is 2.46 bits per heavy atom. The van der Waals surface area contributed by atoms with Gasteiger partial charge in [0.15, 0.2) is 0 Å². The van der Waals surface area contributed by atoms with Gasteiger partial charge in [-0.25, -0.2) is 0 Å². The first-order valence-corrected chi connectivity index (χ1v) is 6.48. The molecule has 0 aromatic carbocycles. The second-order valence-corrected chi connectivity index (χ2v) is 4.67. The van der Waals surface area contributed by atoms with Crippen LogP contribution in [0.5, 0.6) is 0 Å². The summed E-state index contributed by atoms with van der Waals surface area (Å²) in [4.78, 5) is 0. The Morgan fingerprint density at radius 1 is 1.62 bits per heavy atom. The van der Waals surface area contributed by atoms with Gasteiger partial charge in [-0.15, -0.1) is 0 Å². The van der Waals surface area contributed by atoms with Gasteiger partial charge in [0.25, 0.3) is 0 Å². The highest BCUT2D eigenvalue weighted by molar-refractivity contribution is 7.98. The molecule has 1 saturated heterocycles. The molecule has 1 heterocycles. The summed E-state index contributed by atoms with van der Waals surface area (Å²) in [6.45, 7) is 1.65. The van der Waals surface area contributed by atoms with Crippen LogP contribution in [0.3, 0.4) is 0 Å². The van der Waals surface area contributed by atoms with Crippen molar-refractivity contribution < 1.29 is 9.84 Å². The van der Waals surface area contributed by atoms with Gasteiger partial charge in [0.05, 0.1) is 12.7 Å². The molecular formula is C10H20O2S. The first kappa shape index (κ1) is 11.3. The molecule has 0 amide bonds. The molecule has 0 aromatic heterocycles. The van der Waals surface area contributed by atoms with Crippen LogP contribution in [0, 0.1) is 5.92 Å². The maximum absolute atomic E-state index is 9.81. The van der Waals surface area contributed by atoms with Crippen molar-refractivity contribution in [2.75, 3.05) is 25.2 Å². The van der Waals surface area contributed by atoms with Gasteiger partial charge in [-0.2, -0.15) is 11.8 Å². The lowest BCUT2D eigenvalue weighted by Crippen LogP contribution is -2.29. The number of rotatable bonds is 5. The van der Waals surface area contributed by atoms with Gasteiger partial charge < -0.3 is 9.84 Å². The van der Waals surface area contributed by atoms with Crippen LogP contribution in [-0.4, -0.2) is 36.4 Å². The Bertz CT molecular complexity index is 124. The summed E-state index contributed by atoms with van der Waals surface area (Å²) < 4.78 is 5.34. The predicted molar refractivity (Wildman–Crippen MR) is 57.2 cm³/mol. The highest BCUT2D eigenvalue weighted by atomic mass is 32.2. The van der Waals surface area contributed by atoms with E-state index in [1.54, 1.807) is 0 Å². The van der Waals surface area contributed by atoms with Crippen molar-refractivity contribution in [3.8, 4) is 0 Å². The van der Waals surface area contributed by atoms with Crippen molar-refractivity contribution in [1.82, 2.24) is 0 Å². The maximum atomic E-state index is 9.81. The molecule has 1 fully saturated rings. The molecule has 2 atom stereocenters. The average molecular weight is 204 g/mol. The zero-order valence-corrected chi connectivity index (χ0v) is 9.18. The van der Waals surface area contributed by atoms with E-state index in [9.17, 15) is 5.11 Å². The lowest BCUT2D eigenvalue weighted by molar-refractivity contribution is -0.0118. The molecule has 78 valence electrons. The van der Waals surface area contributed by atoms with Crippen LogP contribution < -0.4 is 0 Å². The summed E-state index contributed by atoms with van der Waals surface area (Å²) in [6, 6.07) is 0. The zero-order valence-electron chi connectivity index (χ0n) is 8.37. The van der Waals surface area contributed by atoms with Crippen molar-refractivity contribution in [3.63, 3.8) is 0 Å². The lowest BCUT2D eigenvalue weighted by atomic mass is 9.93. The van der Waals surface area contributed by atoms with Crippen molar-refractivity contribution in [3.05, 3.63) is 0 Å². The molecule has 0 spiro atoms. The van der Waals surface area contributed by atoms with E-state index in [-0.39, 0.29) is 6.10 Å². The fraction of sp³-hybridized carbons (Fsp3) is 1.00. The van der Waals surface area contributed by atoms with Crippen LogP contribution in [-0.2, 0) is 4.74 Å². The van der Waals surface area contributed by atoms with Gasteiger partial charge >= 0.3 is 0 Å². The second-order valence-electron chi connectivity index (χ2n) is 3.68. The maximum Gasteiger partial charge on any atom is 0.0590 e. The smallest absolute Gasteiger partial charge is 0.0590 e. The summed E-state index contributed by atoms with van der Waals surface area (Å²) in [6.07, 6.45) is 6.29. The van der Waals surface area contributed by atoms with E-state index in [2.05, 4.69) is 6.26 Å². The average Bonchev–Trinajstić information content (AvgIpc) is 2.19. The lowest BCUT2D eigenvalue weighted by Gasteiger charge is -2.26. The fourth-order valence-electron chi connectivity index (χ4n) is 1.74. The van der Waals surface area contributed by atoms with Crippen LogP contribution in [0.1, 0.15) is 25.7 Å². The minimum absolute atomic E-state index is 0.132. The largest absolute Gasteiger partial charge is 0.393 e. The molecule has 2 nitrogen and oxygen atoms in total. The van der Waals surface area contributed by atoms with Crippen LogP contribution in [0.25, 0.3) is 0 Å². The predicted octanol–water partition coefficient (Wildman–Crippen LogP) is 1.92. The topological polar surface area (TPSA) is 29.5 Å². The number of aliphatic hydroxyl groups excluding tert-OH is 1. The van der Waals surface area contributed by atoms with Crippen molar-refractivity contribution in [2.45, 2.75) is 31.8 Å². The summed E-state index contributed by atoms with van der Waals surface area (Å²) in [5, 5.41) is 9.81. The molecule has 0 bridgehead atoms. The first-order valence-electron chi connectivity index (χ1n) is 5.09. The molecule has 0 aromatic rings. The van der Waals surface area contributed by atoms with E-state index >= 15 is 0 Å². The molecule has 3 heteroatoms. The summed E-state index contributed by atoms with van der Waals surface area (Å²) >= 11 is 1.85. The standard InChI is InChI=1S/C10H20O2S/c1-13-7-3-5-10(11)9-4-2-6-12-8-9/h9-11H,2-8H2,1H3. The quantitative estimate of drug-likeness (QED) is 0.694. The molecular weight excluding hydrogens is 184 g/mol. The summed E-state index contributed by atoms with van der Waals surface area (Å²) in [5.74, 6) is 1.56. The number of hydrogen-bond donors (Lipinski definition) is 1. The molecule has 1 aliphatic heterocycles. The van der Waals surface area contributed by atoms with Crippen LogP contribution in [0.15, 0.2) is 0 Å². The molecule has 1 N–H and O–H groups in total. The highest BCUT2D eigenvalue weighted by Crippen LogP contribution is 2.20. The summed E-state index contributed by atoms with van der Waals surface area (Å²) in [7, 11) is 0. The number of hydrogen-bond acceptors (Lipinski definition) is 3. The zero-order chi connectivity index (χ0) is 9.52. The molecule has 0 aliphatic carbocycles. The Hall–Kier alpha value is 0.270. The van der Waals surface area contributed by atoms with Crippen LogP contribution >= 0.6 is 11.8 Å². The number of thioether (sulfide) groups is 1. The van der Waals surface area contributed by atoms with Crippen molar-refractivity contribution >= 4 is 11.8 Å². The Labute approximate surface area is 85.0 Å². The molecule has 0 radical (unpaired) electrons. The second kappa shape index (κ2) is 6.68. The van der Waals surface area contributed by atoms with Gasteiger partial charge in [-0.05, 0) is 37.7 Å².